The lowest BCUT2D eigenvalue weighted by Gasteiger charge is -2.14. The van der Waals surface area contributed by atoms with Gasteiger partial charge in [-0.1, -0.05) is 46.4 Å². The molecule has 0 heterocycles. The van der Waals surface area contributed by atoms with Gasteiger partial charge >= 0.3 is 6.95 Å². The molecule has 0 amide bonds. The van der Waals surface area contributed by atoms with Gasteiger partial charge in [0.2, 0.25) is 0 Å². The first-order valence-electron chi connectivity index (χ1n) is 3.38. The maximum absolute atomic E-state index is 11.5. The topological polar surface area (TPSA) is 35.5 Å². The molecule has 9 heteroatoms. The third-order valence-corrected chi connectivity index (χ3v) is 3.49. The fourth-order valence-electron chi connectivity index (χ4n) is 0.415. The Kier molecular flexibility index (Phi) is 6.81. The summed E-state index contributed by atoms with van der Waals surface area (Å²) in [7, 11) is 0. The first-order chi connectivity index (χ1) is 6.65. The van der Waals surface area contributed by atoms with Crippen molar-refractivity contribution < 1.29 is 13.6 Å². The van der Waals surface area contributed by atoms with E-state index in [0.29, 0.717) is 0 Å². The van der Waals surface area contributed by atoms with Crippen molar-refractivity contribution in [2.24, 2.45) is 0 Å². The summed E-state index contributed by atoms with van der Waals surface area (Å²) in [6.07, 6.45) is 0. The highest BCUT2D eigenvalue weighted by molar-refractivity contribution is 7.81. The standard InChI is InChI=1S/C6H6Cl5O3P/c1-3(5(7)8)13-15(11,12)14-4(2)6(9)10/h1-2H3. The van der Waals surface area contributed by atoms with Gasteiger partial charge < -0.3 is 9.05 Å². The van der Waals surface area contributed by atoms with Crippen LogP contribution in [0, 0.1) is 0 Å². The lowest BCUT2D eigenvalue weighted by molar-refractivity contribution is 0.308. The average molecular weight is 334 g/mol. The molecule has 0 unspecified atom stereocenters. The summed E-state index contributed by atoms with van der Waals surface area (Å²) in [4.78, 5) is 0. The van der Waals surface area contributed by atoms with Crippen molar-refractivity contribution in [2.75, 3.05) is 0 Å². The summed E-state index contributed by atoms with van der Waals surface area (Å²) >= 11 is 26.8. The van der Waals surface area contributed by atoms with Gasteiger partial charge in [-0.3, -0.25) is 0 Å². The predicted molar refractivity (Wildman–Crippen MR) is 64.4 cm³/mol. The summed E-state index contributed by atoms with van der Waals surface area (Å²) in [5.74, 6) is -0.0645. The summed E-state index contributed by atoms with van der Waals surface area (Å²) in [6, 6.07) is 0. The molecule has 0 aromatic heterocycles. The van der Waals surface area contributed by atoms with Gasteiger partial charge in [0.15, 0.2) is 0 Å². The number of allylic oxidation sites excluding steroid dienone is 2. The number of rotatable bonds is 4. The van der Waals surface area contributed by atoms with Gasteiger partial charge in [-0.15, -0.1) is 0 Å². The van der Waals surface area contributed by atoms with Crippen molar-refractivity contribution in [2.45, 2.75) is 13.8 Å². The molecule has 0 atom stereocenters. The Bertz CT molecular complexity index is 313. The third-order valence-electron chi connectivity index (χ3n) is 1.02. The maximum Gasteiger partial charge on any atom is 0.529 e. The minimum atomic E-state index is -3.89. The summed E-state index contributed by atoms with van der Waals surface area (Å²) in [5.41, 5.74) is 0. The molecule has 0 saturated heterocycles. The quantitative estimate of drug-likeness (QED) is 0.489. The molecular weight excluding hydrogens is 328 g/mol. The SMILES string of the molecule is CC(OP(=O)(Cl)OC(C)=C(Cl)Cl)=C(Cl)Cl. The van der Waals surface area contributed by atoms with Crippen molar-refractivity contribution >= 4 is 64.6 Å². The maximum atomic E-state index is 11.5. The van der Waals surface area contributed by atoms with E-state index in [0.717, 1.165) is 0 Å². The molecule has 0 bridgehead atoms. The van der Waals surface area contributed by atoms with Gasteiger partial charge in [0.25, 0.3) is 0 Å². The second-order valence-electron chi connectivity index (χ2n) is 2.25. The minimum Gasteiger partial charge on any atom is -0.407 e. The zero-order valence-corrected chi connectivity index (χ0v) is 12.2. The second-order valence-corrected chi connectivity index (χ2v) is 6.61. The van der Waals surface area contributed by atoms with Crippen LogP contribution in [0.3, 0.4) is 0 Å². The largest absolute Gasteiger partial charge is 0.529 e. The van der Waals surface area contributed by atoms with Crippen LogP contribution in [-0.4, -0.2) is 0 Å². The highest BCUT2D eigenvalue weighted by Crippen LogP contribution is 2.57. The van der Waals surface area contributed by atoms with Crippen LogP contribution in [-0.2, 0) is 13.6 Å². The normalized spacial score (nSPS) is 10.6. The van der Waals surface area contributed by atoms with Crippen LogP contribution < -0.4 is 0 Å². The van der Waals surface area contributed by atoms with E-state index in [1.54, 1.807) is 0 Å². The smallest absolute Gasteiger partial charge is 0.407 e. The molecule has 0 aliphatic rings. The molecule has 15 heavy (non-hydrogen) atoms. The Labute approximate surface area is 112 Å². The van der Waals surface area contributed by atoms with Gasteiger partial charge in [0, 0.05) is 11.2 Å². The molecule has 0 spiro atoms. The van der Waals surface area contributed by atoms with E-state index in [9.17, 15) is 4.57 Å². The van der Waals surface area contributed by atoms with E-state index in [1.807, 2.05) is 0 Å². The van der Waals surface area contributed by atoms with Crippen molar-refractivity contribution in [3.05, 3.63) is 20.5 Å². The highest BCUT2D eigenvalue weighted by atomic mass is 35.7. The van der Waals surface area contributed by atoms with Crippen LogP contribution in [0.2, 0.25) is 0 Å². The third kappa shape index (κ3) is 6.83. The summed E-state index contributed by atoms with van der Waals surface area (Å²) < 4.78 is 20.4. The molecule has 0 fully saturated rings. The Hall–Kier alpha value is 0.760. The van der Waals surface area contributed by atoms with Crippen molar-refractivity contribution in [3.8, 4) is 0 Å². The van der Waals surface area contributed by atoms with E-state index < -0.39 is 6.95 Å². The molecule has 0 N–H and O–H groups in total. The lowest BCUT2D eigenvalue weighted by Crippen LogP contribution is -1.89. The molecule has 88 valence electrons. The minimum absolute atomic E-state index is 0.0323. The van der Waals surface area contributed by atoms with Crippen molar-refractivity contribution in [3.63, 3.8) is 0 Å². The molecular formula is C6H6Cl5O3P. The first kappa shape index (κ1) is 15.8. The highest BCUT2D eigenvalue weighted by Gasteiger charge is 2.26. The molecule has 0 rings (SSSR count). The zero-order chi connectivity index (χ0) is 12.2. The molecule has 3 nitrogen and oxygen atoms in total. The van der Waals surface area contributed by atoms with E-state index in [-0.39, 0.29) is 20.5 Å². The van der Waals surface area contributed by atoms with Crippen LogP contribution in [0.4, 0.5) is 0 Å². The number of hydrogen-bond acceptors (Lipinski definition) is 3. The number of hydrogen-bond donors (Lipinski definition) is 0. The van der Waals surface area contributed by atoms with Gasteiger partial charge in [-0.2, -0.15) is 0 Å². The zero-order valence-electron chi connectivity index (χ0n) is 7.56. The molecule has 0 aromatic rings. The van der Waals surface area contributed by atoms with E-state index in [2.05, 4.69) is 9.05 Å². The monoisotopic (exact) mass is 332 g/mol. The van der Waals surface area contributed by atoms with Crippen LogP contribution >= 0.6 is 64.6 Å². The van der Waals surface area contributed by atoms with E-state index in [4.69, 9.17) is 57.6 Å². The fourth-order valence-corrected chi connectivity index (χ4v) is 2.28. The Morgan fingerprint density at radius 3 is 1.40 bits per heavy atom. The van der Waals surface area contributed by atoms with Crippen LogP contribution in [0.1, 0.15) is 13.8 Å². The molecule has 0 saturated carbocycles. The fraction of sp³-hybridized carbons (Fsp3) is 0.333. The predicted octanol–water partition coefficient (Wildman–Crippen LogP) is 5.70. The second kappa shape index (κ2) is 6.48. The van der Waals surface area contributed by atoms with Crippen molar-refractivity contribution in [1.29, 1.82) is 0 Å². The Morgan fingerprint density at radius 2 is 1.20 bits per heavy atom. The lowest BCUT2D eigenvalue weighted by atomic mass is 10.7. The van der Waals surface area contributed by atoms with Crippen LogP contribution in [0.5, 0.6) is 0 Å². The van der Waals surface area contributed by atoms with Gasteiger partial charge in [-0.25, -0.2) is 4.57 Å². The van der Waals surface area contributed by atoms with Crippen LogP contribution in [0.15, 0.2) is 20.5 Å². The van der Waals surface area contributed by atoms with E-state index in [1.165, 1.54) is 13.8 Å². The summed E-state index contributed by atoms with van der Waals surface area (Å²) in [5, 5.41) is 0. The number of halogens is 5. The molecule has 0 aromatic carbocycles. The Morgan fingerprint density at radius 1 is 0.933 bits per heavy atom. The molecule has 0 aliphatic carbocycles. The van der Waals surface area contributed by atoms with Gasteiger partial charge in [0.05, 0.1) is 0 Å². The molecule has 0 aliphatic heterocycles. The van der Waals surface area contributed by atoms with Crippen LogP contribution in [0.25, 0.3) is 0 Å². The average Bonchev–Trinajstić information content (AvgIpc) is 2.01. The van der Waals surface area contributed by atoms with Gasteiger partial charge in [-0.05, 0) is 13.8 Å². The Balaban J connectivity index is 4.67. The van der Waals surface area contributed by atoms with Crippen molar-refractivity contribution in [1.82, 2.24) is 0 Å². The molecule has 0 radical (unpaired) electrons. The van der Waals surface area contributed by atoms with E-state index >= 15 is 0 Å². The first-order valence-corrected chi connectivity index (χ1v) is 7.34. The summed E-state index contributed by atoms with van der Waals surface area (Å²) in [6.45, 7) is -1.15. The van der Waals surface area contributed by atoms with Gasteiger partial charge in [0.1, 0.15) is 20.5 Å².